The summed E-state index contributed by atoms with van der Waals surface area (Å²) in [6.07, 6.45) is 2.15. The van der Waals surface area contributed by atoms with Crippen molar-refractivity contribution < 1.29 is 24.3 Å². The Morgan fingerprint density at radius 3 is 2.07 bits per heavy atom. The van der Waals surface area contributed by atoms with E-state index in [1.165, 1.54) is 0 Å². The maximum absolute atomic E-state index is 12.6. The van der Waals surface area contributed by atoms with E-state index in [2.05, 4.69) is 4.84 Å². The van der Waals surface area contributed by atoms with Crippen molar-refractivity contribution >= 4 is 24.0 Å². The maximum Gasteiger partial charge on any atom is 0.357 e. The van der Waals surface area contributed by atoms with Gasteiger partial charge in [0, 0.05) is 30.2 Å². The van der Waals surface area contributed by atoms with Crippen LogP contribution in [0.1, 0.15) is 71.6 Å². The second kappa shape index (κ2) is 7.89. The zero-order valence-electron chi connectivity index (χ0n) is 18.2. The highest BCUT2D eigenvalue weighted by molar-refractivity contribution is 6.08. The lowest BCUT2D eigenvalue weighted by molar-refractivity contribution is -0.146. The Kier molecular flexibility index (Phi) is 6.11. The highest BCUT2D eigenvalue weighted by atomic mass is 16.7. The van der Waals surface area contributed by atoms with E-state index in [4.69, 9.17) is 0 Å². The minimum Gasteiger partial charge on any atom is -0.507 e. The predicted molar refractivity (Wildman–Crippen MR) is 110 cm³/mol. The third-order valence-electron chi connectivity index (χ3n) is 4.74. The van der Waals surface area contributed by atoms with Crippen LogP contribution in [0.2, 0.25) is 0 Å². The molecule has 1 heterocycles. The fourth-order valence-electron chi connectivity index (χ4n) is 3.20. The molecule has 2 N–H and O–H groups in total. The van der Waals surface area contributed by atoms with Crippen LogP contribution in [0.25, 0.3) is 6.08 Å². The normalized spacial score (nSPS) is 16.3. The Bertz CT molecular complexity index is 837. The molecule has 0 aliphatic carbocycles. The highest BCUT2D eigenvalue weighted by Crippen LogP contribution is 2.40. The van der Waals surface area contributed by atoms with Gasteiger partial charge in [0.05, 0.1) is 0 Å². The van der Waals surface area contributed by atoms with E-state index >= 15 is 0 Å². The molecule has 0 bridgehead atoms. The molecule has 0 radical (unpaired) electrons. The summed E-state index contributed by atoms with van der Waals surface area (Å²) in [5, 5.41) is 10.8. The van der Waals surface area contributed by atoms with Crippen molar-refractivity contribution in [2.24, 2.45) is 0 Å². The predicted octanol–water partition coefficient (Wildman–Crippen LogP) is 3.79. The van der Waals surface area contributed by atoms with Gasteiger partial charge in [0.15, 0.2) is 0 Å². The Balaban J connectivity index is 2.40. The quantitative estimate of drug-likeness (QED) is 0.550. The van der Waals surface area contributed by atoms with Gasteiger partial charge in [-0.25, -0.2) is 4.79 Å². The number of hydrogen-bond acceptors (Lipinski definition) is 5. The Morgan fingerprint density at radius 1 is 1.10 bits per heavy atom. The number of hydroxylamine groups is 1. The van der Waals surface area contributed by atoms with Crippen molar-refractivity contribution in [2.45, 2.75) is 65.7 Å². The molecule has 0 spiro atoms. The summed E-state index contributed by atoms with van der Waals surface area (Å²) in [6, 6.07) is 2.99. The van der Waals surface area contributed by atoms with Crippen LogP contribution in [0.3, 0.4) is 0 Å². The fraction of sp³-hybridized carbons (Fsp3) is 0.500. The standard InChI is InChI=1S/C22H30N2O5/c1-13(25)29-23-20(28)24-9-8-15(19(24)27)10-14-11-16(21(2,3)4)18(26)17(12-14)22(5,6)7/h10-12,26H,8-9H2,1-7H3,(H,23,28)/b15-10-. The number of amides is 3. The average Bonchev–Trinajstić information content (AvgIpc) is 2.92. The zero-order valence-corrected chi connectivity index (χ0v) is 18.2. The molecule has 0 unspecified atom stereocenters. The Hall–Kier alpha value is -2.83. The molecule has 7 nitrogen and oxygen atoms in total. The number of phenolic OH excluding ortho intramolecular Hbond substituents is 1. The molecule has 29 heavy (non-hydrogen) atoms. The van der Waals surface area contributed by atoms with Crippen molar-refractivity contribution in [1.82, 2.24) is 10.4 Å². The number of nitrogens with one attached hydrogen (secondary N) is 1. The minimum atomic E-state index is -0.773. The van der Waals surface area contributed by atoms with Gasteiger partial charge in [0.1, 0.15) is 5.75 Å². The summed E-state index contributed by atoms with van der Waals surface area (Å²) >= 11 is 0. The number of imide groups is 1. The first kappa shape index (κ1) is 22.5. The first-order chi connectivity index (χ1) is 13.2. The smallest absolute Gasteiger partial charge is 0.357 e. The van der Waals surface area contributed by atoms with Gasteiger partial charge in [-0.1, -0.05) is 41.5 Å². The van der Waals surface area contributed by atoms with Gasteiger partial charge in [-0.15, -0.1) is 0 Å². The van der Waals surface area contributed by atoms with Crippen LogP contribution in [-0.2, 0) is 25.3 Å². The summed E-state index contributed by atoms with van der Waals surface area (Å²) < 4.78 is 0. The van der Waals surface area contributed by atoms with E-state index in [0.29, 0.717) is 12.0 Å². The molecule has 1 saturated heterocycles. The van der Waals surface area contributed by atoms with Crippen molar-refractivity contribution in [1.29, 1.82) is 0 Å². The van der Waals surface area contributed by atoms with Gasteiger partial charge in [-0.3, -0.25) is 14.5 Å². The molecule has 3 amide bonds. The topological polar surface area (TPSA) is 95.9 Å². The maximum atomic E-state index is 12.6. The summed E-state index contributed by atoms with van der Waals surface area (Å²) in [5.74, 6) is -0.834. The monoisotopic (exact) mass is 402 g/mol. The molecule has 7 heteroatoms. The van der Waals surface area contributed by atoms with Gasteiger partial charge >= 0.3 is 12.0 Å². The molecule has 1 aliphatic rings. The number of aromatic hydroxyl groups is 1. The summed E-state index contributed by atoms with van der Waals surface area (Å²) in [5.41, 5.74) is 4.26. The van der Waals surface area contributed by atoms with Gasteiger partial charge in [0.2, 0.25) is 0 Å². The van der Waals surface area contributed by atoms with Crippen LogP contribution >= 0.6 is 0 Å². The van der Waals surface area contributed by atoms with Gasteiger partial charge < -0.3 is 9.94 Å². The highest BCUT2D eigenvalue weighted by Gasteiger charge is 2.32. The first-order valence-electron chi connectivity index (χ1n) is 9.59. The lowest BCUT2D eigenvalue weighted by Crippen LogP contribution is -2.41. The van der Waals surface area contributed by atoms with Crippen molar-refractivity contribution in [3.05, 3.63) is 34.4 Å². The molecule has 0 saturated carbocycles. The van der Waals surface area contributed by atoms with Crippen LogP contribution < -0.4 is 5.48 Å². The lowest BCUT2D eigenvalue weighted by atomic mass is 9.78. The van der Waals surface area contributed by atoms with E-state index in [1.54, 1.807) is 6.08 Å². The van der Waals surface area contributed by atoms with Crippen LogP contribution in [0.4, 0.5) is 4.79 Å². The molecule has 158 valence electrons. The van der Waals surface area contributed by atoms with Gasteiger partial charge in [0.25, 0.3) is 5.91 Å². The first-order valence-corrected chi connectivity index (χ1v) is 9.59. The zero-order chi connectivity index (χ0) is 22.1. The number of rotatable bonds is 1. The van der Waals surface area contributed by atoms with Crippen molar-refractivity contribution in [2.75, 3.05) is 6.54 Å². The number of nitrogens with zero attached hydrogens (tertiary/aromatic N) is 1. The molecule has 1 aliphatic heterocycles. The van der Waals surface area contributed by atoms with Crippen LogP contribution in [0.5, 0.6) is 5.75 Å². The van der Waals surface area contributed by atoms with Gasteiger partial charge in [-0.2, -0.15) is 5.48 Å². The van der Waals surface area contributed by atoms with E-state index < -0.39 is 17.9 Å². The van der Waals surface area contributed by atoms with Crippen LogP contribution in [-0.4, -0.2) is 34.5 Å². The van der Waals surface area contributed by atoms with E-state index in [-0.39, 0.29) is 23.1 Å². The number of phenols is 1. The van der Waals surface area contributed by atoms with E-state index in [0.717, 1.165) is 28.5 Å². The number of carbonyl (C=O) groups excluding carboxylic acids is 3. The molecule has 0 aromatic heterocycles. The molecule has 0 atom stereocenters. The van der Waals surface area contributed by atoms with E-state index in [1.807, 2.05) is 59.2 Å². The van der Waals surface area contributed by atoms with Crippen LogP contribution in [0, 0.1) is 0 Å². The molecule has 1 aromatic rings. The second-order valence-electron chi connectivity index (χ2n) is 9.34. The molecule has 1 aromatic carbocycles. The Labute approximate surface area is 171 Å². The number of benzene rings is 1. The summed E-state index contributed by atoms with van der Waals surface area (Å²) in [4.78, 5) is 41.0. The van der Waals surface area contributed by atoms with Gasteiger partial charge in [-0.05, 0) is 41.0 Å². The average molecular weight is 402 g/mol. The SMILES string of the molecule is CC(=O)ONC(=O)N1CC/C(=C/c2cc(C(C)(C)C)c(O)c(C(C)(C)C)c2)C1=O. The number of urea groups is 1. The fourth-order valence-corrected chi connectivity index (χ4v) is 3.20. The molecular formula is C22H30N2O5. The van der Waals surface area contributed by atoms with Crippen molar-refractivity contribution in [3.63, 3.8) is 0 Å². The molecule has 2 rings (SSSR count). The number of likely N-dealkylation sites (tertiary alicyclic amines) is 1. The lowest BCUT2D eigenvalue weighted by Gasteiger charge is -2.28. The number of carbonyl (C=O) groups is 3. The second-order valence-corrected chi connectivity index (χ2v) is 9.34. The van der Waals surface area contributed by atoms with Crippen LogP contribution in [0.15, 0.2) is 17.7 Å². The van der Waals surface area contributed by atoms with Crippen molar-refractivity contribution in [3.8, 4) is 5.75 Å². The molecule has 1 fully saturated rings. The third-order valence-corrected chi connectivity index (χ3v) is 4.74. The number of hydrogen-bond donors (Lipinski definition) is 2. The third kappa shape index (κ3) is 5.16. The largest absolute Gasteiger partial charge is 0.507 e. The minimum absolute atomic E-state index is 0.202. The Morgan fingerprint density at radius 2 is 1.62 bits per heavy atom. The summed E-state index contributed by atoms with van der Waals surface area (Å²) in [6.45, 7) is 13.5. The molecular weight excluding hydrogens is 372 g/mol. The summed E-state index contributed by atoms with van der Waals surface area (Å²) in [7, 11) is 0. The van der Waals surface area contributed by atoms with E-state index in [9.17, 15) is 19.5 Å².